The van der Waals surface area contributed by atoms with Gasteiger partial charge in [0.25, 0.3) is 0 Å². The van der Waals surface area contributed by atoms with Gasteiger partial charge >= 0.3 is 0 Å². The van der Waals surface area contributed by atoms with Gasteiger partial charge in [-0.3, -0.25) is 4.90 Å². The number of aliphatic hydroxyl groups is 2. The van der Waals surface area contributed by atoms with Crippen LogP contribution in [0.4, 0.5) is 0 Å². The Kier molecular flexibility index (Phi) is 6.08. The fourth-order valence-corrected chi connectivity index (χ4v) is 1.91. The molecular formula is C13H21NO2. The molecule has 0 aliphatic rings. The van der Waals surface area contributed by atoms with Crippen LogP contribution in [0.1, 0.15) is 24.4 Å². The summed E-state index contributed by atoms with van der Waals surface area (Å²) in [5, 5.41) is 17.9. The number of hydrogen-bond acceptors (Lipinski definition) is 3. The van der Waals surface area contributed by atoms with Crippen molar-refractivity contribution in [3.8, 4) is 0 Å². The van der Waals surface area contributed by atoms with Crippen LogP contribution in [0.25, 0.3) is 0 Å². The summed E-state index contributed by atoms with van der Waals surface area (Å²) in [6.07, 6.45) is 1.50. The van der Waals surface area contributed by atoms with Gasteiger partial charge in [-0.15, -0.1) is 0 Å². The highest BCUT2D eigenvalue weighted by Gasteiger charge is 2.15. The summed E-state index contributed by atoms with van der Waals surface area (Å²) in [5.41, 5.74) is 1.22. The number of hydrogen-bond donors (Lipinski definition) is 2. The summed E-state index contributed by atoms with van der Waals surface area (Å²) < 4.78 is 0. The third-order valence-electron chi connectivity index (χ3n) is 2.79. The Balaban J connectivity index is 2.66. The Labute approximate surface area is 97.3 Å². The zero-order valence-corrected chi connectivity index (χ0v) is 9.84. The van der Waals surface area contributed by atoms with E-state index in [2.05, 4.69) is 17.0 Å². The van der Waals surface area contributed by atoms with Gasteiger partial charge in [0.15, 0.2) is 0 Å². The topological polar surface area (TPSA) is 43.7 Å². The molecule has 0 unspecified atom stereocenters. The molecule has 0 aliphatic carbocycles. The van der Waals surface area contributed by atoms with E-state index in [1.54, 1.807) is 0 Å². The van der Waals surface area contributed by atoms with Crippen LogP contribution in [0.2, 0.25) is 0 Å². The highest BCUT2D eigenvalue weighted by atomic mass is 16.3. The van der Waals surface area contributed by atoms with Crippen LogP contribution >= 0.6 is 0 Å². The Hall–Kier alpha value is -0.900. The van der Waals surface area contributed by atoms with E-state index in [9.17, 15) is 0 Å². The predicted octanol–water partition coefficient (Wildman–Crippen LogP) is 1.42. The Morgan fingerprint density at radius 3 is 2.38 bits per heavy atom. The lowest BCUT2D eigenvalue weighted by Crippen LogP contribution is -2.27. The summed E-state index contributed by atoms with van der Waals surface area (Å²) in [5.74, 6) is 0. The molecular weight excluding hydrogens is 202 g/mol. The minimum Gasteiger partial charge on any atom is -0.396 e. The van der Waals surface area contributed by atoms with Gasteiger partial charge in [0.1, 0.15) is 0 Å². The third-order valence-corrected chi connectivity index (χ3v) is 2.79. The molecule has 0 amide bonds. The molecule has 1 atom stereocenters. The van der Waals surface area contributed by atoms with Crippen LogP contribution in [0.5, 0.6) is 0 Å². The fourth-order valence-electron chi connectivity index (χ4n) is 1.91. The van der Waals surface area contributed by atoms with Gasteiger partial charge in [0.2, 0.25) is 0 Å². The second kappa shape index (κ2) is 7.39. The van der Waals surface area contributed by atoms with Gasteiger partial charge in [-0.25, -0.2) is 0 Å². The van der Waals surface area contributed by atoms with Gasteiger partial charge in [0.05, 0.1) is 0 Å². The molecule has 0 fully saturated rings. The van der Waals surface area contributed by atoms with Crippen molar-refractivity contribution in [1.29, 1.82) is 0 Å². The van der Waals surface area contributed by atoms with E-state index in [0.29, 0.717) is 0 Å². The van der Waals surface area contributed by atoms with Crippen molar-refractivity contribution < 1.29 is 10.2 Å². The summed E-state index contributed by atoms with van der Waals surface area (Å²) in [6.45, 7) is 1.24. The number of benzene rings is 1. The summed E-state index contributed by atoms with van der Waals surface area (Å²) in [4.78, 5) is 2.18. The highest BCUT2D eigenvalue weighted by Crippen LogP contribution is 2.22. The molecule has 90 valence electrons. The lowest BCUT2D eigenvalue weighted by Gasteiger charge is -2.27. The molecule has 0 radical (unpaired) electrons. The molecule has 0 spiro atoms. The van der Waals surface area contributed by atoms with Crippen LogP contribution in [0.15, 0.2) is 30.3 Å². The molecule has 3 heteroatoms. The first-order valence-corrected chi connectivity index (χ1v) is 5.76. The number of nitrogens with zero attached hydrogens (tertiary/aromatic N) is 1. The number of aliphatic hydroxyl groups excluding tert-OH is 2. The second-order valence-electron chi connectivity index (χ2n) is 4.00. The quantitative estimate of drug-likeness (QED) is 0.735. The lowest BCUT2D eigenvalue weighted by atomic mass is 10.0. The first kappa shape index (κ1) is 13.2. The fraction of sp³-hybridized carbons (Fsp3) is 0.538. The van der Waals surface area contributed by atoms with Crippen molar-refractivity contribution in [1.82, 2.24) is 4.90 Å². The molecule has 1 rings (SSSR count). The molecule has 0 heterocycles. The molecule has 1 aromatic rings. The second-order valence-corrected chi connectivity index (χ2v) is 4.00. The molecule has 16 heavy (non-hydrogen) atoms. The highest BCUT2D eigenvalue weighted by molar-refractivity contribution is 5.18. The van der Waals surface area contributed by atoms with Crippen molar-refractivity contribution in [2.24, 2.45) is 0 Å². The lowest BCUT2D eigenvalue weighted by molar-refractivity contribution is 0.171. The molecule has 0 bridgehead atoms. The van der Waals surface area contributed by atoms with E-state index in [1.807, 2.05) is 25.2 Å². The van der Waals surface area contributed by atoms with Gasteiger partial charge in [0, 0.05) is 25.8 Å². The molecule has 0 saturated carbocycles. The van der Waals surface area contributed by atoms with Crippen molar-refractivity contribution in [3.63, 3.8) is 0 Å². The van der Waals surface area contributed by atoms with Gasteiger partial charge in [-0.05, 0) is 25.5 Å². The Morgan fingerprint density at radius 2 is 1.81 bits per heavy atom. The molecule has 0 aliphatic heterocycles. The van der Waals surface area contributed by atoms with Gasteiger partial charge < -0.3 is 10.2 Å². The maximum atomic E-state index is 9.10. The predicted molar refractivity (Wildman–Crippen MR) is 65.2 cm³/mol. The van der Waals surface area contributed by atoms with E-state index in [-0.39, 0.29) is 19.3 Å². The molecule has 1 aromatic carbocycles. The van der Waals surface area contributed by atoms with E-state index >= 15 is 0 Å². The SMILES string of the molecule is CN(CCCO)[C@H](CCO)c1ccccc1. The van der Waals surface area contributed by atoms with E-state index < -0.39 is 0 Å². The maximum absolute atomic E-state index is 9.10. The summed E-state index contributed by atoms with van der Waals surface area (Å²) >= 11 is 0. The smallest absolute Gasteiger partial charge is 0.0449 e. The zero-order chi connectivity index (χ0) is 11.8. The van der Waals surface area contributed by atoms with Crippen molar-refractivity contribution in [3.05, 3.63) is 35.9 Å². The van der Waals surface area contributed by atoms with E-state index in [4.69, 9.17) is 10.2 Å². The van der Waals surface area contributed by atoms with Crippen molar-refractivity contribution in [2.75, 3.05) is 26.8 Å². The Morgan fingerprint density at radius 1 is 1.12 bits per heavy atom. The average molecular weight is 223 g/mol. The number of rotatable bonds is 7. The molecule has 0 aromatic heterocycles. The average Bonchev–Trinajstić information content (AvgIpc) is 2.34. The third kappa shape index (κ3) is 3.93. The van der Waals surface area contributed by atoms with Crippen LogP contribution in [0, 0.1) is 0 Å². The zero-order valence-electron chi connectivity index (χ0n) is 9.84. The Bertz CT molecular complexity index is 277. The largest absolute Gasteiger partial charge is 0.396 e. The molecule has 3 nitrogen and oxygen atoms in total. The maximum Gasteiger partial charge on any atom is 0.0449 e. The molecule has 2 N–H and O–H groups in total. The van der Waals surface area contributed by atoms with Gasteiger partial charge in [-0.2, -0.15) is 0 Å². The van der Waals surface area contributed by atoms with E-state index in [1.165, 1.54) is 5.56 Å². The van der Waals surface area contributed by atoms with Crippen molar-refractivity contribution in [2.45, 2.75) is 18.9 Å². The minimum absolute atomic E-state index is 0.184. The standard InChI is InChI=1S/C13H21NO2/c1-14(9-5-10-15)13(8-11-16)12-6-3-2-4-7-12/h2-4,6-7,13,15-16H,5,8-11H2,1H3/t13-/m1/s1. The van der Waals surface area contributed by atoms with Crippen LogP contribution < -0.4 is 0 Å². The van der Waals surface area contributed by atoms with Crippen LogP contribution in [-0.4, -0.2) is 41.9 Å². The van der Waals surface area contributed by atoms with Gasteiger partial charge in [-0.1, -0.05) is 30.3 Å². The monoisotopic (exact) mass is 223 g/mol. The van der Waals surface area contributed by atoms with E-state index in [0.717, 1.165) is 19.4 Å². The van der Waals surface area contributed by atoms with Crippen LogP contribution in [0.3, 0.4) is 0 Å². The minimum atomic E-state index is 0.184. The van der Waals surface area contributed by atoms with Crippen molar-refractivity contribution >= 4 is 0 Å². The van der Waals surface area contributed by atoms with Crippen LogP contribution in [-0.2, 0) is 0 Å². The first-order valence-electron chi connectivity index (χ1n) is 5.76. The summed E-state index contributed by atoms with van der Waals surface area (Å²) in [6, 6.07) is 10.4. The first-order chi connectivity index (χ1) is 7.79. The summed E-state index contributed by atoms with van der Waals surface area (Å²) in [7, 11) is 2.03. The normalized spacial score (nSPS) is 13.0. The molecule has 0 saturated heterocycles.